The van der Waals surface area contributed by atoms with Crippen LogP contribution >= 0.6 is 0 Å². The quantitative estimate of drug-likeness (QED) is 0.733. The van der Waals surface area contributed by atoms with Gasteiger partial charge in [-0.3, -0.25) is 9.78 Å². The summed E-state index contributed by atoms with van der Waals surface area (Å²) in [6.45, 7) is -0.0233. The first kappa shape index (κ1) is 14.0. The minimum absolute atomic E-state index is 0.0233. The number of aromatic nitrogens is 1. The second-order valence-electron chi connectivity index (χ2n) is 4.25. The van der Waals surface area contributed by atoms with E-state index in [0.29, 0.717) is 11.3 Å². The van der Waals surface area contributed by atoms with Crippen LogP contribution in [0.15, 0.2) is 42.7 Å². The number of nitrogen functional groups attached to an aromatic ring is 1. The van der Waals surface area contributed by atoms with E-state index < -0.39 is 17.8 Å². The summed E-state index contributed by atoms with van der Waals surface area (Å²) < 4.78 is 13.3. The van der Waals surface area contributed by atoms with Crippen molar-refractivity contribution in [3.05, 3.63) is 59.7 Å². The molecule has 0 fully saturated rings. The highest BCUT2D eigenvalue weighted by Crippen LogP contribution is 2.14. The number of rotatable bonds is 4. The number of benzene rings is 1. The lowest BCUT2D eigenvalue weighted by Crippen LogP contribution is -2.29. The van der Waals surface area contributed by atoms with E-state index >= 15 is 0 Å². The fourth-order valence-corrected chi connectivity index (χ4v) is 1.68. The van der Waals surface area contributed by atoms with Crippen LogP contribution in [0.3, 0.4) is 0 Å². The molecule has 1 atom stereocenters. The van der Waals surface area contributed by atoms with Gasteiger partial charge in [0.2, 0.25) is 0 Å². The molecule has 20 heavy (non-hydrogen) atoms. The first-order valence-electron chi connectivity index (χ1n) is 5.99. The average Bonchev–Trinajstić information content (AvgIpc) is 2.45. The van der Waals surface area contributed by atoms with Crippen molar-refractivity contribution in [2.75, 3.05) is 12.3 Å². The predicted octanol–water partition coefficient (Wildman–Crippen LogP) is 1.27. The minimum atomic E-state index is -0.885. The summed E-state index contributed by atoms with van der Waals surface area (Å²) in [4.78, 5) is 15.3. The molecule has 0 aliphatic heterocycles. The molecule has 0 saturated heterocycles. The summed E-state index contributed by atoms with van der Waals surface area (Å²) in [5.41, 5.74) is 6.64. The molecule has 1 amide bonds. The molecule has 1 heterocycles. The Morgan fingerprint density at radius 1 is 1.35 bits per heavy atom. The Balaban J connectivity index is 1.97. The molecule has 2 rings (SSSR count). The molecule has 4 N–H and O–H groups in total. The van der Waals surface area contributed by atoms with E-state index in [4.69, 9.17) is 5.73 Å². The molecule has 0 radical (unpaired) electrons. The molecular formula is C14H14FN3O2. The zero-order valence-corrected chi connectivity index (χ0v) is 10.6. The number of hydrogen-bond donors (Lipinski definition) is 3. The van der Waals surface area contributed by atoms with Crippen LogP contribution in [0.1, 0.15) is 22.0 Å². The molecule has 1 unspecified atom stereocenters. The van der Waals surface area contributed by atoms with Gasteiger partial charge >= 0.3 is 0 Å². The SMILES string of the molecule is Nc1ccc(C(O)CNC(=O)c2ccncc2F)cc1. The number of aliphatic hydroxyl groups excluding tert-OH is 1. The number of nitrogens with one attached hydrogen (secondary N) is 1. The van der Waals surface area contributed by atoms with Crippen molar-refractivity contribution >= 4 is 11.6 Å². The largest absolute Gasteiger partial charge is 0.399 e. The molecule has 2 aromatic rings. The van der Waals surface area contributed by atoms with Crippen molar-refractivity contribution in [1.29, 1.82) is 0 Å². The van der Waals surface area contributed by atoms with Gasteiger partial charge in [0.25, 0.3) is 5.91 Å². The average molecular weight is 275 g/mol. The van der Waals surface area contributed by atoms with Gasteiger partial charge in [-0.25, -0.2) is 4.39 Å². The number of hydrogen-bond acceptors (Lipinski definition) is 4. The molecule has 1 aromatic heterocycles. The smallest absolute Gasteiger partial charge is 0.254 e. The Morgan fingerprint density at radius 2 is 2.05 bits per heavy atom. The number of anilines is 1. The van der Waals surface area contributed by atoms with Crippen molar-refractivity contribution in [3.8, 4) is 0 Å². The highest BCUT2D eigenvalue weighted by atomic mass is 19.1. The van der Waals surface area contributed by atoms with Crippen LogP contribution in [-0.4, -0.2) is 22.5 Å². The van der Waals surface area contributed by atoms with E-state index in [0.717, 1.165) is 6.20 Å². The van der Waals surface area contributed by atoms with E-state index in [1.807, 2.05) is 0 Å². The van der Waals surface area contributed by atoms with E-state index in [-0.39, 0.29) is 12.1 Å². The van der Waals surface area contributed by atoms with Gasteiger partial charge < -0.3 is 16.2 Å². The molecule has 0 spiro atoms. The van der Waals surface area contributed by atoms with Crippen LogP contribution in [0.4, 0.5) is 10.1 Å². The van der Waals surface area contributed by atoms with E-state index in [2.05, 4.69) is 10.3 Å². The summed E-state index contributed by atoms with van der Waals surface area (Å²) in [7, 11) is 0. The van der Waals surface area contributed by atoms with Crippen LogP contribution in [0, 0.1) is 5.82 Å². The number of aliphatic hydroxyl groups is 1. The maximum absolute atomic E-state index is 13.3. The first-order chi connectivity index (χ1) is 9.58. The highest BCUT2D eigenvalue weighted by molar-refractivity contribution is 5.94. The summed E-state index contributed by atoms with van der Waals surface area (Å²) in [5.74, 6) is -1.30. The van der Waals surface area contributed by atoms with Crippen molar-refractivity contribution in [1.82, 2.24) is 10.3 Å². The number of nitrogens with two attached hydrogens (primary N) is 1. The van der Waals surface area contributed by atoms with Crippen LogP contribution in [0.2, 0.25) is 0 Å². The Bertz CT molecular complexity index is 602. The van der Waals surface area contributed by atoms with Gasteiger partial charge in [-0.1, -0.05) is 12.1 Å². The fraction of sp³-hybridized carbons (Fsp3) is 0.143. The summed E-state index contributed by atoms with van der Waals surface area (Å²) in [6.07, 6.45) is 1.41. The maximum Gasteiger partial charge on any atom is 0.254 e. The third-order valence-electron chi connectivity index (χ3n) is 2.79. The molecule has 0 aliphatic rings. The monoisotopic (exact) mass is 275 g/mol. The molecule has 5 nitrogen and oxygen atoms in total. The number of nitrogens with zero attached hydrogens (tertiary/aromatic N) is 1. The third-order valence-corrected chi connectivity index (χ3v) is 2.79. The first-order valence-corrected chi connectivity index (χ1v) is 5.99. The molecular weight excluding hydrogens is 261 g/mol. The summed E-state index contributed by atoms with van der Waals surface area (Å²) in [5, 5.41) is 12.4. The Kier molecular flexibility index (Phi) is 4.27. The van der Waals surface area contributed by atoms with Gasteiger partial charge in [-0.2, -0.15) is 0 Å². The Hall–Kier alpha value is -2.47. The normalized spacial score (nSPS) is 11.9. The predicted molar refractivity (Wildman–Crippen MR) is 72.3 cm³/mol. The van der Waals surface area contributed by atoms with Gasteiger partial charge in [0.1, 0.15) is 0 Å². The second kappa shape index (κ2) is 6.12. The molecule has 0 aliphatic carbocycles. The lowest BCUT2D eigenvalue weighted by atomic mass is 10.1. The number of pyridine rings is 1. The zero-order chi connectivity index (χ0) is 14.5. The van der Waals surface area contributed by atoms with Crippen LogP contribution in [0.25, 0.3) is 0 Å². The van der Waals surface area contributed by atoms with Crippen molar-refractivity contribution in [2.45, 2.75) is 6.10 Å². The molecule has 1 aromatic carbocycles. The minimum Gasteiger partial charge on any atom is -0.399 e. The van der Waals surface area contributed by atoms with Gasteiger partial charge in [-0.05, 0) is 23.8 Å². The van der Waals surface area contributed by atoms with Gasteiger partial charge in [0, 0.05) is 18.4 Å². The number of halogens is 1. The van der Waals surface area contributed by atoms with Crippen molar-refractivity contribution in [2.24, 2.45) is 0 Å². The van der Waals surface area contributed by atoms with Gasteiger partial charge in [-0.15, -0.1) is 0 Å². The number of carbonyl (C=O) groups excluding carboxylic acids is 1. The number of carbonyl (C=O) groups is 1. The highest BCUT2D eigenvalue weighted by Gasteiger charge is 2.13. The zero-order valence-electron chi connectivity index (χ0n) is 10.6. The second-order valence-corrected chi connectivity index (χ2v) is 4.25. The Labute approximate surface area is 115 Å². The van der Waals surface area contributed by atoms with E-state index in [1.54, 1.807) is 24.3 Å². The van der Waals surface area contributed by atoms with Crippen molar-refractivity contribution < 1.29 is 14.3 Å². The lowest BCUT2D eigenvalue weighted by molar-refractivity contribution is 0.0912. The molecule has 6 heteroatoms. The summed E-state index contributed by atoms with van der Waals surface area (Å²) in [6, 6.07) is 7.92. The topological polar surface area (TPSA) is 88.2 Å². The van der Waals surface area contributed by atoms with Crippen molar-refractivity contribution in [3.63, 3.8) is 0 Å². The Morgan fingerprint density at radius 3 is 2.70 bits per heavy atom. The van der Waals surface area contributed by atoms with E-state index in [1.165, 1.54) is 12.3 Å². The van der Waals surface area contributed by atoms with Gasteiger partial charge in [0.05, 0.1) is 17.9 Å². The van der Waals surface area contributed by atoms with Gasteiger partial charge in [0.15, 0.2) is 5.82 Å². The lowest BCUT2D eigenvalue weighted by Gasteiger charge is -2.12. The fourth-order valence-electron chi connectivity index (χ4n) is 1.68. The number of amides is 1. The molecule has 104 valence electrons. The van der Waals surface area contributed by atoms with E-state index in [9.17, 15) is 14.3 Å². The summed E-state index contributed by atoms with van der Waals surface area (Å²) >= 11 is 0. The maximum atomic E-state index is 13.3. The van der Waals surface area contributed by atoms with Crippen LogP contribution in [0.5, 0.6) is 0 Å². The standard InChI is InChI=1S/C14H14FN3O2/c15-12-7-17-6-5-11(12)14(20)18-8-13(19)9-1-3-10(16)4-2-9/h1-7,13,19H,8,16H2,(H,18,20). The molecule has 0 bridgehead atoms. The third kappa shape index (κ3) is 3.30. The van der Waals surface area contributed by atoms with Crippen LogP contribution in [-0.2, 0) is 0 Å². The molecule has 0 saturated carbocycles. The van der Waals surface area contributed by atoms with Crippen LogP contribution < -0.4 is 11.1 Å².